The molecule has 0 fully saturated rings. The normalized spacial score (nSPS) is 28.5. The number of hydrogen-bond acceptors (Lipinski definition) is 4. The van der Waals surface area contributed by atoms with Crippen molar-refractivity contribution >= 4 is 11.9 Å². The molecule has 0 saturated carbocycles. The Morgan fingerprint density at radius 2 is 1.87 bits per heavy atom. The van der Waals surface area contributed by atoms with E-state index in [0.717, 1.165) is 5.56 Å². The van der Waals surface area contributed by atoms with Crippen LogP contribution in [0, 0.1) is 0 Å². The quantitative estimate of drug-likeness (QED) is 0.637. The molecule has 1 aliphatic heterocycles. The first-order valence-corrected chi connectivity index (χ1v) is 7.92. The van der Waals surface area contributed by atoms with Crippen LogP contribution in [0.2, 0.25) is 0 Å². The second kappa shape index (κ2) is 7.92. The summed E-state index contributed by atoms with van der Waals surface area (Å²) in [5.74, 6) is -0.416. The summed E-state index contributed by atoms with van der Waals surface area (Å²) in [7, 11) is 1.70. The second-order valence-corrected chi connectivity index (χ2v) is 5.86. The Bertz CT molecular complexity index is 571. The maximum Gasteiger partial charge on any atom is 0.306 e. The predicted molar refractivity (Wildman–Crippen MR) is 88.5 cm³/mol. The SMILES string of the molecule is C[C@H]1[C@H](c2ccccc2)OC(=O)CC/C=C/C[C@@H](N)C(=O)N1C. The molecule has 0 spiro atoms. The van der Waals surface area contributed by atoms with Gasteiger partial charge in [-0.1, -0.05) is 42.5 Å². The maximum absolute atomic E-state index is 12.5. The van der Waals surface area contributed by atoms with Gasteiger partial charge in [0.2, 0.25) is 5.91 Å². The fourth-order valence-electron chi connectivity index (χ4n) is 2.62. The van der Waals surface area contributed by atoms with Crippen molar-refractivity contribution in [2.75, 3.05) is 7.05 Å². The van der Waals surface area contributed by atoms with Crippen LogP contribution in [0.3, 0.4) is 0 Å². The molecule has 3 atom stereocenters. The average Bonchev–Trinajstić information content (AvgIpc) is 2.57. The van der Waals surface area contributed by atoms with Crippen LogP contribution < -0.4 is 5.73 Å². The van der Waals surface area contributed by atoms with E-state index in [2.05, 4.69) is 0 Å². The van der Waals surface area contributed by atoms with Gasteiger partial charge in [0.25, 0.3) is 0 Å². The number of amides is 1. The lowest BCUT2D eigenvalue weighted by atomic mass is 10.0. The van der Waals surface area contributed by atoms with Crippen molar-refractivity contribution in [2.45, 2.75) is 44.4 Å². The van der Waals surface area contributed by atoms with Crippen molar-refractivity contribution in [3.8, 4) is 0 Å². The van der Waals surface area contributed by atoms with Gasteiger partial charge in [0.15, 0.2) is 0 Å². The number of cyclic esters (lactones) is 1. The Balaban J connectivity index is 2.32. The number of allylic oxidation sites excluding steroid dienone is 1. The Labute approximate surface area is 137 Å². The second-order valence-electron chi connectivity index (χ2n) is 5.86. The number of carbonyl (C=O) groups excluding carboxylic acids is 2. The van der Waals surface area contributed by atoms with Crippen molar-refractivity contribution in [3.63, 3.8) is 0 Å². The van der Waals surface area contributed by atoms with Gasteiger partial charge in [-0.15, -0.1) is 0 Å². The summed E-state index contributed by atoms with van der Waals surface area (Å²) in [6.45, 7) is 1.87. The van der Waals surface area contributed by atoms with E-state index in [1.165, 1.54) is 0 Å². The van der Waals surface area contributed by atoms with E-state index in [-0.39, 0.29) is 17.9 Å². The van der Waals surface area contributed by atoms with Gasteiger partial charge in [-0.25, -0.2) is 0 Å². The molecule has 1 aromatic carbocycles. The number of carbonyl (C=O) groups is 2. The molecule has 0 saturated heterocycles. The average molecular weight is 316 g/mol. The van der Waals surface area contributed by atoms with Crippen LogP contribution in [-0.4, -0.2) is 35.9 Å². The molecule has 0 radical (unpaired) electrons. The summed E-state index contributed by atoms with van der Waals surface area (Å²) in [4.78, 5) is 26.1. The van der Waals surface area contributed by atoms with Crippen LogP contribution in [0.5, 0.6) is 0 Å². The first-order valence-electron chi connectivity index (χ1n) is 7.92. The van der Waals surface area contributed by atoms with Gasteiger partial charge >= 0.3 is 5.97 Å². The van der Waals surface area contributed by atoms with Crippen LogP contribution in [0.1, 0.15) is 37.9 Å². The highest BCUT2D eigenvalue weighted by Gasteiger charge is 2.31. The van der Waals surface area contributed by atoms with E-state index < -0.39 is 12.1 Å². The predicted octanol–water partition coefficient (Wildman–Crippen LogP) is 2.19. The van der Waals surface area contributed by atoms with Gasteiger partial charge in [-0.05, 0) is 25.3 Å². The molecular weight excluding hydrogens is 292 g/mol. The van der Waals surface area contributed by atoms with Gasteiger partial charge in [0.05, 0.1) is 12.1 Å². The first-order chi connectivity index (χ1) is 11.0. The van der Waals surface area contributed by atoms with E-state index in [1.807, 2.05) is 49.4 Å². The molecule has 1 aromatic rings. The minimum atomic E-state index is -0.578. The summed E-state index contributed by atoms with van der Waals surface area (Å²) >= 11 is 0. The Kier molecular flexibility index (Phi) is 5.93. The van der Waals surface area contributed by atoms with E-state index >= 15 is 0 Å². The zero-order valence-corrected chi connectivity index (χ0v) is 13.6. The molecule has 0 unspecified atom stereocenters. The fraction of sp³-hybridized carbons (Fsp3) is 0.444. The number of nitrogens with zero attached hydrogens (tertiary/aromatic N) is 1. The molecule has 0 aliphatic carbocycles. The molecule has 1 amide bonds. The number of benzene rings is 1. The lowest BCUT2D eigenvalue weighted by Gasteiger charge is -2.33. The third-order valence-corrected chi connectivity index (χ3v) is 4.17. The van der Waals surface area contributed by atoms with Crippen molar-refractivity contribution in [3.05, 3.63) is 48.0 Å². The standard InChI is InChI=1S/C18H24N2O3/c1-13-17(14-9-5-3-6-10-14)23-16(21)12-8-4-7-11-15(19)18(22)20(13)2/h3-7,9-10,13,15,17H,8,11-12,19H2,1-2H3/b7-4+/t13-,15+,17+/m0/s1. The zero-order valence-electron chi connectivity index (χ0n) is 13.6. The molecule has 23 heavy (non-hydrogen) atoms. The highest BCUT2D eigenvalue weighted by molar-refractivity contribution is 5.82. The van der Waals surface area contributed by atoms with Gasteiger partial charge in [0.1, 0.15) is 6.10 Å². The van der Waals surface area contributed by atoms with Gasteiger partial charge in [-0.3, -0.25) is 9.59 Å². The lowest BCUT2D eigenvalue weighted by molar-refractivity contribution is -0.155. The number of esters is 1. The fourth-order valence-corrected chi connectivity index (χ4v) is 2.62. The zero-order chi connectivity index (χ0) is 16.8. The van der Waals surface area contributed by atoms with Gasteiger partial charge < -0.3 is 15.4 Å². The molecule has 124 valence electrons. The summed E-state index contributed by atoms with van der Waals surface area (Å²) < 4.78 is 5.67. The van der Waals surface area contributed by atoms with E-state index in [4.69, 9.17) is 10.5 Å². The Hall–Kier alpha value is -2.14. The molecule has 0 aromatic heterocycles. The summed E-state index contributed by atoms with van der Waals surface area (Å²) in [6, 6.07) is 8.61. The number of likely N-dealkylation sites (N-methyl/N-ethyl adjacent to an activating group) is 1. The molecule has 0 bridgehead atoms. The van der Waals surface area contributed by atoms with Crippen molar-refractivity contribution < 1.29 is 14.3 Å². The summed E-state index contributed by atoms with van der Waals surface area (Å²) in [6.07, 6.45) is 4.60. The first kappa shape index (κ1) is 17.2. The van der Waals surface area contributed by atoms with E-state index in [1.54, 1.807) is 11.9 Å². The largest absolute Gasteiger partial charge is 0.455 e. The minimum Gasteiger partial charge on any atom is -0.455 e. The Morgan fingerprint density at radius 3 is 2.57 bits per heavy atom. The maximum atomic E-state index is 12.5. The van der Waals surface area contributed by atoms with Crippen molar-refractivity contribution in [1.82, 2.24) is 4.90 Å². The van der Waals surface area contributed by atoms with Crippen LogP contribution >= 0.6 is 0 Å². The smallest absolute Gasteiger partial charge is 0.306 e. The number of nitrogens with two attached hydrogens (primary N) is 1. The molecule has 2 rings (SSSR count). The lowest BCUT2D eigenvalue weighted by Crippen LogP contribution is -2.48. The van der Waals surface area contributed by atoms with Gasteiger partial charge in [-0.2, -0.15) is 0 Å². The van der Waals surface area contributed by atoms with Gasteiger partial charge in [0, 0.05) is 13.5 Å². The highest BCUT2D eigenvalue weighted by atomic mass is 16.5. The topological polar surface area (TPSA) is 72.6 Å². The van der Waals surface area contributed by atoms with Crippen LogP contribution in [-0.2, 0) is 14.3 Å². The van der Waals surface area contributed by atoms with Crippen LogP contribution in [0.25, 0.3) is 0 Å². The minimum absolute atomic E-state index is 0.153. The molecule has 1 heterocycles. The third-order valence-electron chi connectivity index (χ3n) is 4.17. The molecule has 2 N–H and O–H groups in total. The molecular formula is C18H24N2O3. The Morgan fingerprint density at radius 1 is 1.17 bits per heavy atom. The summed E-state index contributed by atoms with van der Waals surface area (Å²) in [5.41, 5.74) is 6.84. The summed E-state index contributed by atoms with van der Waals surface area (Å²) in [5, 5.41) is 0. The molecule has 5 heteroatoms. The van der Waals surface area contributed by atoms with Crippen LogP contribution in [0.15, 0.2) is 42.5 Å². The highest BCUT2D eigenvalue weighted by Crippen LogP contribution is 2.26. The van der Waals surface area contributed by atoms with E-state index in [9.17, 15) is 9.59 Å². The number of rotatable bonds is 1. The molecule has 1 aliphatic rings. The monoisotopic (exact) mass is 316 g/mol. The van der Waals surface area contributed by atoms with Crippen molar-refractivity contribution in [2.24, 2.45) is 5.73 Å². The third kappa shape index (κ3) is 4.42. The number of ether oxygens (including phenoxy) is 1. The number of hydrogen-bond donors (Lipinski definition) is 1. The van der Waals surface area contributed by atoms with Crippen molar-refractivity contribution in [1.29, 1.82) is 0 Å². The van der Waals surface area contributed by atoms with E-state index in [0.29, 0.717) is 19.3 Å². The molecule has 5 nitrogen and oxygen atoms in total. The van der Waals surface area contributed by atoms with Crippen LogP contribution in [0.4, 0.5) is 0 Å².